The normalized spacial score (nSPS) is 20.5. The molecule has 264 valence electrons. The van der Waals surface area contributed by atoms with Crippen molar-refractivity contribution in [3.05, 3.63) is 72.9 Å². The highest BCUT2D eigenvalue weighted by atomic mass is 16.3. The van der Waals surface area contributed by atoms with Crippen LogP contribution in [-0.4, -0.2) is 64.5 Å². The van der Waals surface area contributed by atoms with E-state index in [0.29, 0.717) is 19.3 Å². The molecule has 0 fully saturated rings. The number of nitrogens with one attached hydrogen (secondary N) is 3. The quantitative estimate of drug-likeness (QED) is 0.111. The Kier molecular flexibility index (Phi) is 19.7. The summed E-state index contributed by atoms with van der Waals surface area (Å²) in [5, 5.41) is 28.0. The molecule has 0 aromatic heterocycles. The number of rotatable bonds is 20. The van der Waals surface area contributed by atoms with Gasteiger partial charge >= 0.3 is 0 Å². The number of hydrogen-bond acceptors (Lipinski definition) is 7. The number of allylic oxidation sites excluding steroid dienone is 12. The van der Waals surface area contributed by atoms with E-state index in [1.807, 2.05) is 26.0 Å². The predicted molar refractivity (Wildman–Crippen MR) is 194 cm³/mol. The monoisotopic (exact) mass is 663 g/mol. The highest BCUT2D eigenvalue weighted by Gasteiger charge is 2.39. The molecule has 10 heteroatoms. The summed E-state index contributed by atoms with van der Waals surface area (Å²) in [4.78, 5) is 47.2. The second-order valence-electron chi connectivity index (χ2n) is 12.6. The van der Waals surface area contributed by atoms with Crippen LogP contribution in [0.2, 0.25) is 0 Å². The number of aliphatic imine (C=N–C) groups is 2. The van der Waals surface area contributed by atoms with Gasteiger partial charge in [0.2, 0.25) is 23.7 Å². The number of hydrogen-bond donors (Lipinski definition) is 5. The minimum atomic E-state index is -0.993. The Morgan fingerprint density at radius 3 is 1.94 bits per heavy atom. The first kappa shape index (κ1) is 40.3. The minimum absolute atomic E-state index is 0.0319. The summed E-state index contributed by atoms with van der Waals surface area (Å²) in [6.07, 6.45) is 30.9. The van der Waals surface area contributed by atoms with Gasteiger partial charge in [-0.05, 0) is 70.6 Å². The average Bonchev–Trinajstić information content (AvgIpc) is 3.04. The van der Waals surface area contributed by atoms with Gasteiger partial charge in [0.15, 0.2) is 0 Å². The lowest BCUT2D eigenvalue weighted by Crippen LogP contribution is -2.57. The summed E-state index contributed by atoms with van der Waals surface area (Å²) in [5.41, 5.74) is 0. The van der Waals surface area contributed by atoms with Gasteiger partial charge in [0.25, 0.3) is 0 Å². The van der Waals surface area contributed by atoms with E-state index in [9.17, 15) is 24.6 Å². The second-order valence-corrected chi connectivity index (χ2v) is 12.6. The summed E-state index contributed by atoms with van der Waals surface area (Å²) in [6.45, 7) is 7.78. The second kappa shape index (κ2) is 23.4. The molecule has 2 aliphatic rings. The van der Waals surface area contributed by atoms with Gasteiger partial charge in [-0.3, -0.25) is 30.0 Å². The summed E-state index contributed by atoms with van der Waals surface area (Å²) in [7, 11) is 0. The van der Waals surface area contributed by atoms with Crippen molar-refractivity contribution < 1.29 is 24.6 Å². The molecule has 2 rings (SSSR count). The third-order valence-corrected chi connectivity index (χ3v) is 7.83. The molecule has 0 spiro atoms. The van der Waals surface area contributed by atoms with Crippen molar-refractivity contribution in [3.8, 4) is 0 Å². The Hall–Kier alpha value is -3.89. The topological polar surface area (TPSA) is 152 Å². The number of aliphatic hydroxyl groups excluding tert-OH is 2. The van der Waals surface area contributed by atoms with Crippen LogP contribution in [0.1, 0.15) is 91.9 Å². The fraction of sp³-hybridized carbons (Fsp3) is 0.553. The first-order valence-electron chi connectivity index (χ1n) is 17.4. The van der Waals surface area contributed by atoms with Crippen molar-refractivity contribution in [1.82, 2.24) is 16.0 Å². The molecule has 2 heterocycles. The fourth-order valence-corrected chi connectivity index (χ4v) is 5.22. The van der Waals surface area contributed by atoms with Crippen molar-refractivity contribution in [2.24, 2.45) is 27.7 Å². The maximum absolute atomic E-state index is 13.1. The van der Waals surface area contributed by atoms with Gasteiger partial charge in [0.1, 0.15) is 11.9 Å². The van der Waals surface area contributed by atoms with Gasteiger partial charge in [-0.1, -0.05) is 93.7 Å². The molecule has 5 N–H and O–H groups in total. The number of nitrogens with zero attached hydrogens (tertiary/aromatic N) is 2. The Morgan fingerprint density at radius 1 is 0.875 bits per heavy atom. The molecule has 48 heavy (non-hydrogen) atoms. The Morgan fingerprint density at radius 2 is 1.42 bits per heavy atom. The Balaban J connectivity index is 1.71. The van der Waals surface area contributed by atoms with Crippen LogP contribution in [0, 0.1) is 17.8 Å². The van der Waals surface area contributed by atoms with E-state index >= 15 is 0 Å². The lowest BCUT2D eigenvalue weighted by atomic mass is 9.84. The van der Waals surface area contributed by atoms with Crippen LogP contribution in [-0.2, 0) is 14.4 Å². The van der Waals surface area contributed by atoms with E-state index in [1.165, 1.54) is 6.92 Å². The first-order valence-corrected chi connectivity index (χ1v) is 17.4. The van der Waals surface area contributed by atoms with Crippen LogP contribution in [0.5, 0.6) is 0 Å². The van der Waals surface area contributed by atoms with E-state index < -0.39 is 30.1 Å². The first-order chi connectivity index (χ1) is 23.1. The molecule has 1 unspecified atom stereocenters. The number of amidine groups is 1. The van der Waals surface area contributed by atoms with E-state index in [4.69, 9.17) is 0 Å². The number of fused-ring (bicyclic) bond motifs is 1. The molecule has 0 saturated heterocycles. The van der Waals surface area contributed by atoms with Gasteiger partial charge in [-0.15, -0.1) is 0 Å². The molecule has 0 aliphatic carbocycles. The van der Waals surface area contributed by atoms with E-state index in [2.05, 4.69) is 93.6 Å². The largest absolute Gasteiger partial charge is 0.391 e. The van der Waals surface area contributed by atoms with Crippen LogP contribution in [0.15, 0.2) is 82.9 Å². The third-order valence-electron chi connectivity index (χ3n) is 7.83. The Labute approximate surface area is 287 Å². The summed E-state index contributed by atoms with van der Waals surface area (Å²) in [5.74, 6) is -1.74. The lowest BCUT2D eigenvalue weighted by molar-refractivity contribution is -0.128. The van der Waals surface area contributed by atoms with E-state index in [0.717, 1.165) is 38.5 Å². The molecule has 0 saturated carbocycles. The molecule has 0 aromatic carbocycles. The molecular formula is C38H57N5O5. The zero-order valence-electron chi connectivity index (χ0n) is 29.2. The van der Waals surface area contributed by atoms with E-state index in [-0.39, 0.29) is 48.4 Å². The van der Waals surface area contributed by atoms with Crippen molar-refractivity contribution in [1.29, 1.82) is 0 Å². The number of aliphatic hydroxyl groups is 2. The molecular weight excluding hydrogens is 606 g/mol. The molecule has 3 amide bonds. The molecule has 2 aliphatic heterocycles. The van der Waals surface area contributed by atoms with Crippen molar-refractivity contribution in [2.45, 2.75) is 110 Å². The SMILES string of the molecule is CC/C=C\C/C=C\C/C=C\C/C=C\C/C=C\C/C=C\CCC(=O)N[C@@H](CC(C)C)C(=O)NC1=NC2=NC[C@H]([C@@H](O)[C@H](C)O)CC2C(=O)N1. The van der Waals surface area contributed by atoms with Gasteiger partial charge in [-0.25, -0.2) is 0 Å². The van der Waals surface area contributed by atoms with Crippen LogP contribution in [0.3, 0.4) is 0 Å². The minimum Gasteiger partial charge on any atom is -0.391 e. The van der Waals surface area contributed by atoms with Crippen LogP contribution < -0.4 is 16.0 Å². The summed E-state index contributed by atoms with van der Waals surface area (Å²) in [6, 6.07) is -0.793. The zero-order chi connectivity index (χ0) is 35.1. The van der Waals surface area contributed by atoms with Gasteiger partial charge < -0.3 is 15.5 Å². The van der Waals surface area contributed by atoms with Crippen molar-refractivity contribution in [2.75, 3.05) is 6.54 Å². The smallest absolute Gasteiger partial charge is 0.249 e. The van der Waals surface area contributed by atoms with Crippen LogP contribution in [0.25, 0.3) is 0 Å². The molecule has 5 atom stereocenters. The zero-order valence-corrected chi connectivity index (χ0v) is 29.2. The Bertz CT molecular complexity index is 1260. The maximum Gasteiger partial charge on any atom is 0.249 e. The number of guanidine groups is 1. The maximum atomic E-state index is 13.1. The lowest BCUT2D eigenvalue weighted by Gasteiger charge is -2.33. The van der Waals surface area contributed by atoms with Crippen LogP contribution in [0.4, 0.5) is 0 Å². The number of carbonyl (C=O) groups is 3. The van der Waals surface area contributed by atoms with Crippen molar-refractivity contribution in [3.63, 3.8) is 0 Å². The number of carbonyl (C=O) groups excluding carboxylic acids is 3. The van der Waals surface area contributed by atoms with E-state index in [1.54, 1.807) is 0 Å². The van der Waals surface area contributed by atoms with Gasteiger partial charge in [-0.2, -0.15) is 4.99 Å². The summed E-state index contributed by atoms with van der Waals surface area (Å²) >= 11 is 0. The highest BCUT2D eigenvalue weighted by molar-refractivity contribution is 6.19. The van der Waals surface area contributed by atoms with Crippen molar-refractivity contribution >= 4 is 29.5 Å². The molecule has 0 bridgehead atoms. The molecule has 0 radical (unpaired) electrons. The van der Waals surface area contributed by atoms with Gasteiger partial charge in [0.05, 0.1) is 18.1 Å². The fourth-order valence-electron chi connectivity index (χ4n) is 5.22. The highest BCUT2D eigenvalue weighted by Crippen LogP contribution is 2.27. The number of amides is 3. The molecule has 10 nitrogen and oxygen atoms in total. The van der Waals surface area contributed by atoms with Crippen LogP contribution >= 0.6 is 0 Å². The predicted octanol–water partition coefficient (Wildman–Crippen LogP) is 5.37. The average molecular weight is 664 g/mol. The summed E-state index contributed by atoms with van der Waals surface area (Å²) < 4.78 is 0. The van der Waals surface area contributed by atoms with Gasteiger partial charge in [0, 0.05) is 18.9 Å². The molecule has 0 aromatic rings. The standard InChI is InChI=1S/C38H57N5O5/c1-5-6-7-8-9-10-11-12-13-14-15-16-17-18-19-20-21-22-23-24-33(45)40-32(25-28(2)3)37(48)43-38-41-35-31(36(47)42-38)26-30(27-39-35)34(46)29(4)44/h6-7,9-10,12-13,15-16,18-19,21-22,28-32,34,44,46H,5,8,11,14,17,20,23-27H2,1-4H3,(H,40,45)(H2,39,41,42,43,47,48)/b7-6-,10-9-,13-12-,16-15-,19-18-,22-21-/t29-,30+,31?,32-,34-/m0/s1. The third kappa shape index (κ3) is 16.3.